The minimum atomic E-state index is -0.765. The molecule has 8 atom stereocenters. The first kappa shape index (κ1) is 35.0. The van der Waals surface area contributed by atoms with E-state index in [1.165, 1.54) is 36.9 Å². The van der Waals surface area contributed by atoms with Gasteiger partial charge in [-0.15, -0.1) is 0 Å². The number of fused-ring (bicyclic) bond motifs is 2. The number of pyridine rings is 2. The zero-order valence-corrected chi connectivity index (χ0v) is 28.5. The minimum Gasteiger partial charge on any atom is -0.366 e. The number of nitrogens with one attached hydrogen (secondary N) is 2. The van der Waals surface area contributed by atoms with Crippen molar-refractivity contribution in [1.82, 2.24) is 19.8 Å². The number of nitrogens with zero attached hydrogens (tertiary/aromatic N) is 4. The van der Waals surface area contributed by atoms with Crippen LogP contribution in [0.25, 0.3) is 0 Å². The number of anilines is 2. The van der Waals surface area contributed by atoms with E-state index >= 15 is 0 Å². The number of primary amides is 2. The first-order valence-corrected chi connectivity index (χ1v) is 17.7. The van der Waals surface area contributed by atoms with E-state index in [-0.39, 0.29) is 52.6 Å². The normalized spacial score (nSPS) is 29.2. The summed E-state index contributed by atoms with van der Waals surface area (Å²) >= 11 is 0. The van der Waals surface area contributed by atoms with Crippen molar-refractivity contribution in [3.05, 3.63) is 48.0 Å². The molecule has 4 heterocycles. The third kappa shape index (κ3) is 7.19. The molecule has 4 aliphatic rings. The number of piperidine rings is 2. The molecule has 50 heavy (non-hydrogen) atoms. The van der Waals surface area contributed by atoms with Crippen LogP contribution in [-0.2, 0) is 19.2 Å². The van der Waals surface area contributed by atoms with Gasteiger partial charge in [-0.3, -0.25) is 38.7 Å². The largest absolute Gasteiger partial charge is 0.366 e. The van der Waals surface area contributed by atoms with E-state index in [9.17, 15) is 28.8 Å². The van der Waals surface area contributed by atoms with Crippen LogP contribution in [-0.4, -0.2) is 79.4 Å². The standard InChI is InChI=1S/C36H46N8O6/c1-19-4-6-24-11-22(9-10-29(24)43(19)35(49)33(47)41-27-12-25(31(37)45)15-39-17-27)23-8-7-21-5-3-20(2)44(30(21)14-23)36(50)34(48)42-28-13-26(32(38)46)16-40-18-28/h12-13,15-24,29-30H,3-11,14H2,1-2H3,(H2,37,45)(H2,38,46)(H,41,47)(H,42,48)/t19-,20?,21?,22?,23?,24?,29?,30?/m0/s1. The Bertz CT molecular complexity index is 1680. The van der Waals surface area contributed by atoms with E-state index in [1.54, 1.807) is 9.80 Å². The fourth-order valence-corrected chi connectivity index (χ4v) is 9.17. The maximum atomic E-state index is 13.7. The molecule has 2 aromatic rings. The number of hydrogen-bond donors (Lipinski definition) is 4. The molecule has 7 unspecified atom stereocenters. The van der Waals surface area contributed by atoms with Crippen molar-refractivity contribution < 1.29 is 28.8 Å². The number of likely N-dealkylation sites (tertiary alicyclic amines) is 2. The second-order valence-corrected chi connectivity index (χ2v) is 14.6. The smallest absolute Gasteiger partial charge is 0.313 e. The fourth-order valence-electron chi connectivity index (χ4n) is 9.17. The van der Waals surface area contributed by atoms with Crippen LogP contribution in [0.3, 0.4) is 0 Å². The maximum Gasteiger partial charge on any atom is 0.313 e. The van der Waals surface area contributed by atoms with Gasteiger partial charge in [0, 0.05) is 36.6 Å². The van der Waals surface area contributed by atoms with Gasteiger partial charge in [0.1, 0.15) is 0 Å². The summed E-state index contributed by atoms with van der Waals surface area (Å²) < 4.78 is 0. The number of amides is 6. The molecule has 2 saturated carbocycles. The zero-order valence-electron chi connectivity index (χ0n) is 28.5. The molecule has 0 bridgehead atoms. The van der Waals surface area contributed by atoms with E-state index in [0.29, 0.717) is 17.8 Å². The summed E-state index contributed by atoms with van der Waals surface area (Å²) in [5, 5.41) is 5.22. The van der Waals surface area contributed by atoms with Crippen LogP contribution in [0.15, 0.2) is 36.9 Å². The summed E-state index contributed by atoms with van der Waals surface area (Å²) in [5.41, 5.74) is 11.4. The van der Waals surface area contributed by atoms with Gasteiger partial charge in [-0.1, -0.05) is 0 Å². The predicted molar refractivity (Wildman–Crippen MR) is 183 cm³/mol. The molecule has 6 N–H and O–H groups in total. The lowest BCUT2D eigenvalue weighted by Crippen LogP contribution is -2.59. The van der Waals surface area contributed by atoms with Crippen molar-refractivity contribution in [1.29, 1.82) is 0 Å². The highest BCUT2D eigenvalue weighted by molar-refractivity contribution is 6.40. The van der Waals surface area contributed by atoms with E-state index in [4.69, 9.17) is 11.5 Å². The van der Waals surface area contributed by atoms with Gasteiger partial charge in [-0.2, -0.15) is 0 Å². The molecule has 2 aliphatic heterocycles. The average molecular weight is 687 g/mol. The van der Waals surface area contributed by atoms with Crippen molar-refractivity contribution in [2.24, 2.45) is 35.1 Å². The third-order valence-corrected chi connectivity index (χ3v) is 11.6. The molecule has 14 nitrogen and oxygen atoms in total. The van der Waals surface area contributed by atoms with E-state index in [0.717, 1.165) is 64.2 Å². The maximum absolute atomic E-state index is 13.7. The molecule has 6 amide bonds. The highest BCUT2D eigenvalue weighted by Gasteiger charge is 2.48. The lowest BCUT2D eigenvalue weighted by molar-refractivity contribution is -0.152. The van der Waals surface area contributed by atoms with E-state index in [2.05, 4.69) is 20.6 Å². The summed E-state index contributed by atoms with van der Waals surface area (Å²) in [7, 11) is 0. The molecule has 266 valence electrons. The number of aromatic nitrogens is 2. The molecule has 0 aromatic carbocycles. The summed E-state index contributed by atoms with van der Waals surface area (Å²) in [6.45, 7) is 3.99. The van der Waals surface area contributed by atoms with E-state index in [1.807, 2.05) is 13.8 Å². The molecular weight excluding hydrogens is 640 g/mol. The summed E-state index contributed by atoms with van der Waals surface area (Å²) in [5.74, 6) is -2.65. The fraction of sp³-hybridized carbons (Fsp3) is 0.556. The van der Waals surface area contributed by atoms with Gasteiger partial charge in [-0.25, -0.2) is 0 Å². The molecular formula is C36H46N8O6. The van der Waals surface area contributed by atoms with E-state index < -0.39 is 35.4 Å². The van der Waals surface area contributed by atoms with Gasteiger partial charge in [-0.05, 0) is 114 Å². The number of rotatable bonds is 5. The molecule has 4 fully saturated rings. The molecule has 14 heteroatoms. The lowest BCUT2D eigenvalue weighted by Gasteiger charge is -2.53. The molecule has 2 aliphatic carbocycles. The van der Waals surface area contributed by atoms with Crippen LogP contribution >= 0.6 is 0 Å². The van der Waals surface area contributed by atoms with Gasteiger partial charge in [0.05, 0.1) is 34.9 Å². The molecule has 0 spiro atoms. The Balaban J connectivity index is 1.10. The van der Waals surface area contributed by atoms with Crippen LogP contribution in [0.4, 0.5) is 11.4 Å². The Labute approximate surface area is 291 Å². The second kappa shape index (κ2) is 14.5. The topological polar surface area (TPSA) is 211 Å². The predicted octanol–water partition coefficient (Wildman–Crippen LogP) is 2.84. The Kier molecular flexibility index (Phi) is 10.2. The molecule has 0 radical (unpaired) electrons. The van der Waals surface area contributed by atoms with Crippen molar-refractivity contribution in [3.8, 4) is 0 Å². The quantitative estimate of drug-likeness (QED) is 0.343. The van der Waals surface area contributed by atoms with Gasteiger partial charge in [0.25, 0.3) is 0 Å². The number of hydrogen-bond acceptors (Lipinski definition) is 8. The average Bonchev–Trinajstić information content (AvgIpc) is 3.10. The molecule has 2 aromatic heterocycles. The van der Waals surface area contributed by atoms with Gasteiger partial charge in [0.15, 0.2) is 0 Å². The van der Waals surface area contributed by atoms with Gasteiger partial charge < -0.3 is 31.9 Å². The minimum absolute atomic E-state index is 0.0424. The zero-order chi connectivity index (χ0) is 35.7. The number of carbonyl (C=O) groups excluding carboxylic acids is 6. The number of nitrogens with two attached hydrogens (primary N) is 2. The van der Waals surface area contributed by atoms with Crippen LogP contribution in [0.5, 0.6) is 0 Å². The second-order valence-electron chi connectivity index (χ2n) is 14.6. The highest BCUT2D eigenvalue weighted by Crippen LogP contribution is 2.49. The first-order valence-electron chi connectivity index (χ1n) is 17.7. The lowest BCUT2D eigenvalue weighted by atomic mass is 9.63. The van der Waals surface area contributed by atoms with Crippen molar-refractivity contribution in [2.45, 2.75) is 102 Å². The van der Waals surface area contributed by atoms with Gasteiger partial charge >= 0.3 is 23.6 Å². The summed E-state index contributed by atoms with van der Waals surface area (Å²) in [6.07, 6.45) is 14.5. The SMILES string of the molecule is CC1CCC2CCC(C3CCC4C(CC[C@H](C)N4C(=O)C(=O)Nc4cncc(C(N)=O)c4)C3)CC2N1C(=O)C(=O)Nc1cncc(C(N)=O)c1. The first-order chi connectivity index (χ1) is 23.9. The Morgan fingerprint density at radius 3 is 1.56 bits per heavy atom. The Hall–Kier alpha value is -4.88. The third-order valence-electron chi connectivity index (χ3n) is 11.6. The highest BCUT2D eigenvalue weighted by atomic mass is 16.2. The molecule has 2 saturated heterocycles. The monoisotopic (exact) mass is 686 g/mol. The van der Waals surface area contributed by atoms with Crippen molar-refractivity contribution in [3.63, 3.8) is 0 Å². The van der Waals surface area contributed by atoms with Crippen LogP contribution < -0.4 is 22.1 Å². The Morgan fingerprint density at radius 1 is 0.580 bits per heavy atom. The Morgan fingerprint density at radius 2 is 1.02 bits per heavy atom. The van der Waals surface area contributed by atoms with Crippen molar-refractivity contribution >= 4 is 46.8 Å². The molecule has 6 rings (SSSR count). The summed E-state index contributed by atoms with van der Waals surface area (Å²) in [6, 6.07) is 2.56. The van der Waals surface area contributed by atoms with Crippen LogP contribution in [0.2, 0.25) is 0 Å². The number of carbonyl (C=O) groups is 6. The van der Waals surface area contributed by atoms with Crippen LogP contribution in [0.1, 0.15) is 98.8 Å². The summed E-state index contributed by atoms with van der Waals surface area (Å²) in [4.78, 5) is 88.2. The van der Waals surface area contributed by atoms with Gasteiger partial charge in [0.2, 0.25) is 11.8 Å². The van der Waals surface area contributed by atoms with Crippen LogP contribution in [0, 0.1) is 23.7 Å². The van der Waals surface area contributed by atoms with Crippen molar-refractivity contribution in [2.75, 3.05) is 10.6 Å².